The lowest BCUT2D eigenvalue weighted by atomic mass is 10.1. The molecule has 2 aromatic rings. The van der Waals surface area contributed by atoms with Crippen LogP contribution in [0.5, 0.6) is 5.88 Å². The van der Waals surface area contributed by atoms with Crippen molar-refractivity contribution in [3.63, 3.8) is 0 Å². The molecule has 1 saturated heterocycles. The van der Waals surface area contributed by atoms with Crippen LogP contribution in [-0.2, 0) is 0 Å². The molecule has 0 aromatic carbocycles. The fourth-order valence-corrected chi connectivity index (χ4v) is 3.27. The smallest absolute Gasteiger partial charge is 0.238 e. The third-order valence-corrected chi connectivity index (χ3v) is 4.60. The molecule has 0 amide bonds. The number of anilines is 1. The number of allylic oxidation sites excluding steroid dienone is 1. The number of pyridine rings is 1. The summed E-state index contributed by atoms with van der Waals surface area (Å²) < 4.78 is 0. The van der Waals surface area contributed by atoms with Crippen LogP contribution >= 0.6 is 0 Å². The maximum absolute atomic E-state index is 10.1. The number of aromatic hydroxyl groups is 1. The second-order valence-electron chi connectivity index (χ2n) is 6.38. The van der Waals surface area contributed by atoms with Gasteiger partial charge in [0.15, 0.2) is 5.82 Å². The molecule has 1 fully saturated rings. The Morgan fingerprint density at radius 1 is 1.28 bits per heavy atom. The number of fused-ring (bicyclic) bond motifs is 1. The van der Waals surface area contributed by atoms with Crippen molar-refractivity contribution in [2.24, 2.45) is 4.99 Å². The molecule has 4 rings (SSSR count). The van der Waals surface area contributed by atoms with Gasteiger partial charge in [-0.2, -0.15) is 4.98 Å². The summed E-state index contributed by atoms with van der Waals surface area (Å²) in [5, 5.41) is 13.3. The molecule has 130 valence electrons. The molecule has 25 heavy (non-hydrogen) atoms. The number of aromatic nitrogens is 3. The minimum atomic E-state index is -0.0151. The highest BCUT2D eigenvalue weighted by Crippen LogP contribution is 2.31. The number of aliphatic imine (C=N–C) groups is 1. The molecule has 0 aliphatic carbocycles. The van der Waals surface area contributed by atoms with E-state index < -0.39 is 0 Å². The molecule has 2 aromatic heterocycles. The molecule has 7 heteroatoms. The maximum Gasteiger partial charge on any atom is 0.238 e. The normalized spacial score (nSPS) is 18.6. The predicted octanol–water partition coefficient (Wildman–Crippen LogP) is 2.66. The third-order valence-electron chi connectivity index (χ3n) is 4.60. The van der Waals surface area contributed by atoms with Crippen molar-refractivity contribution in [3.8, 4) is 5.88 Å². The number of nitrogens with zero attached hydrogens (tertiary/aromatic N) is 4. The summed E-state index contributed by atoms with van der Waals surface area (Å²) in [5.41, 5.74) is 2.43. The number of aromatic amines is 1. The second kappa shape index (κ2) is 7.06. The Balaban J connectivity index is 1.41. The van der Waals surface area contributed by atoms with Gasteiger partial charge in [-0.15, -0.1) is 0 Å². The number of piperidine rings is 1. The van der Waals surface area contributed by atoms with Gasteiger partial charge in [-0.3, -0.25) is 0 Å². The lowest BCUT2D eigenvalue weighted by Gasteiger charge is -2.26. The van der Waals surface area contributed by atoms with E-state index in [9.17, 15) is 5.11 Å². The van der Waals surface area contributed by atoms with Gasteiger partial charge in [-0.05, 0) is 44.1 Å². The molecule has 0 unspecified atom stereocenters. The molecule has 2 aliphatic heterocycles. The number of rotatable bonds is 5. The van der Waals surface area contributed by atoms with Gasteiger partial charge in [0, 0.05) is 36.6 Å². The van der Waals surface area contributed by atoms with E-state index in [1.165, 1.54) is 32.4 Å². The minimum Gasteiger partial charge on any atom is -0.492 e. The van der Waals surface area contributed by atoms with Gasteiger partial charge in [-0.1, -0.05) is 6.42 Å². The molecule has 7 nitrogen and oxygen atoms in total. The zero-order chi connectivity index (χ0) is 17.1. The third kappa shape index (κ3) is 3.56. The number of hydrogen-bond acceptors (Lipinski definition) is 6. The second-order valence-corrected chi connectivity index (χ2v) is 6.38. The Bertz CT molecular complexity index is 804. The summed E-state index contributed by atoms with van der Waals surface area (Å²) in [7, 11) is 0. The summed E-state index contributed by atoms with van der Waals surface area (Å²) in [5.74, 6) is 1.27. The van der Waals surface area contributed by atoms with Crippen LogP contribution < -0.4 is 5.32 Å². The van der Waals surface area contributed by atoms with E-state index in [-0.39, 0.29) is 5.88 Å². The van der Waals surface area contributed by atoms with Gasteiger partial charge < -0.3 is 20.3 Å². The SMILES string of the molecule is Oc1nc(NCCN2CCCCC2)[nH]c1C=C1C=Nc2ncccc21. The Morgan fingerprint density at radius 2 is 2.16 bits per heavy atom. The molecule has 0 radical (unpaired) electrons. The van der Waals surface area contributed by atoms with E-state index in [0.29, 0.717) is 17.5 Å². The van der Waals surface area contributed by atoms with Crippen LogP contribution in [0, 0.1) is 0 Å². The van der Waals surface area contributed by atoms with E-state index in [1.807, 2.05) is 18.2 Å². The van der Waals surface area contributed by atoms with Crippen LogP contribution in [0.25, 0.3) is 11.6 Å². The highest BCUT2D eigenvalue weighted by atomic mass is 16.3. The van der Waals surface area contributed by atoms with Crippen molar-refractivity contribution in [1.29, 1.82) is 0 Å². The zero-order valence-electron chi connectivity index (χ0n) is 14.1. The highest BCUT2D eigenvalue weighted by molar-refractivity contribution is 6.20. The first-order chi connectivity index (χ1) is 12.3. The largest absolute Gasteiger partial charge is 0.492 e. The standard InChI is InChI=1S/C18H22N6O/c25-17-15(11-13-12-21-16-14(13)5-4-6-19-16)22-18(23-17)20-7-10-24-8-2-1-3-9-24/h4-6,11-12,25H,1-3,7-10H2,(H2,20,22,23). The van der Waals surface area contributed by atoms with E-state index in [2.05, 4.69) is 30.2 Å². The Labute approximate surface area is 146 Å². The Morgan fingerprint density at radius 3 is 3.04 bits per heavy atom. The number of imidazole rings is 1. The first-order valence-corrected chi connectivity index (χ1v) is 8.76. The van der Waals surface area contributed by atoms with Crippen LogP contribution in [0.1, 0.15) is 30.5 Å². The average molecular weight is 338 g/mol. The summed E-state index contributed by atoms with van der Waals surface area (Å²) in [6, 6.07) is 3.84. The van der Waals surface area contributed by atoms with E-state index in [1.54, 1.807) is 12.4 Å². The van der Waals surface area contributed by atoms with Crippen molar-refractivity contribution in [2.75, 3.05) is 31.5 Å². The predicted molar refractivity (Wildman–Crippen MR) is 99.3 cm³/mol. The summed E-state index contributed by atoms with van der Waals surface area (Å²) in [4.78, 5) is 18.2. The fraction of sp³-hybridized carbons (Fsp3) is 0.389. The van der Waals surface area contributed by atoms with E-state index >= 15 is 0 Å². The van der Waals surface area contributed by atoms with Gasteiger partial charge in [-0.25, -0.2) is 9.98 Å². The van der Waals surface area contributed by atoms with Crippen LogP contribution in [0.3, 0.4) is 0 Å². The van der Waals surface area contributed by atoms with Gasteiger partial charge >= 0.3 is 0 Å². The van der Waals surface area contributed by atoms with Gasteiger partial charge in [0.1, 0.15) is 5.69 Å². The molecule has 4 heterocycles. The number of likely N-dealkylation sites (tertiary alicyclic amines) is 1. The fourth-order valence-electron chi connectivity index (χ4n) is 3.27. The van der Waals surface area contributed by atoms with E-state index in [0.717, 1.165) is 24.2 Å². The number of hydrogen-bond donors (Lipinski definition) is 3. The average Bonchev–Trinajstić information content (AvgIpc) is 3.20. The first-order valence-electron chi connectivity index (χ1n) is 8.76. The number of nitrogens with one attached hydrogen (secondary N) is 2. The summed E-state index contributed by atoms with van der Waals surface area (Å²) >= 11 is 0. The summed E-state index contributed by atoms with van der Waals surface area (Å²) in [6.45, 7) is 4.14. The zero-order valence-corrected chi connectivity index (χ0v) is 14.1. The topological polar surface area (TPSA) is 89.4 Å². The van der Waals surface area contributed by atoms with Crippen LogP contribution in [-0.4, -0.2) is 57.4 Å². The molecular formula is C18H22N6O. The van der Waals surface area contributed by atoms with Crippen molar-refractivity contribution in [3.05, 3.63) is 29.6 Å². The lowest BCUT2D eigenvalue weighted by molar-refractivity contribution is 0.237. The molecule has 2 aliphatic rings. The molecular weight excluding hydrogens is 316 g/mol. The van der Waals surface area contributed by atoms with Crippen molar-refractivity contribution >= 4 is 29.6 Å². The van der Waals surface area contributed by atoms with E-state index in [4.69, 9.17) is 0 Å². The van der Waals surface area contributed by atoms with Gasteiger partial charge in [0.25, 0.3) is 0 Å². The maximum atomic E-state index is 10.1. The molecule has 0 saturated carbocycles. The van der Waals surface area contributed by atoms with Crippen molar-refractivity contribution in [1.82, 2.24) is 19.9 Å². The highest BCUT2D eigenvalue weighted by Gasteiger charge is 2.15. The van der Waals surface area contributed by atoms with Gasteiger partial charge in [0.2, 0.25) is 11.8 Å². The van der Waals surface area contributed by atoms with Crippen LogP contribution in [0.15, 0.2) is 23.3 Å². The van der Waals surface area contributed by atoms with Crippen molar-refractivity contribution < 1.29 is 5.11 Å². The Kier molecular flexibility index (Phi) is 4.47. The quantitative estimate of drug-likeness (QED) is 0.780. The molecule has 0 atom stereocenters. The Hall–Kier alpha value is -2.67. The van der Waals surface area contributed by atoms with Gasteiger partial charge in [0.05, 0.1) is 0 Å². The first kappa shape index (κ1) is 15.8. The van der Waals surface area contributed by atoms with Crippen molar-refractivity contribution in [2.45, 2.75) is 19.3 Å². The minimum absolute atomic E-state index is 0.0151. The molecule has 3 N–H and O–H groups in total. The summed E-state index contributed by atoms with van der Waals surface area (Å²) in [6.07, 6.45) is 9.23. The number of H-pyrrole nitrogens is 1. The van der Waals surface area contributed by atoms with Crippen LogP contribution in [0.2, 0.25) is 0 Å². The van der Waals surface area contributed by atoms with Crippen LogP contribution in [0.4, 0.5) is 11.8 Å². The lowest BCUT2D eigenvalue weighted by Crippen LogP contribution is -2.33. The monoisotopic (exact) mass is 338 g/mol. The molecule has 0 bridgehead atoms. The molecule has 0 spiro atoms.